The van der Waals surface area contributed by atoms with E-state index in [9.17, 15) is 9.59 Å². The van der Waals surface area contributed by atoms with Gasteiger partial charge in [-0.05, 0) is 44.2 Å². The van der Waals surface area contributed by atoms with E-state index in [1.807, 2.05) is 44.3 Å². The number of rotatable bonds is 16. The van der Waals surface area contributed by atoms with Crippen LogP contribution in [0.25, 0.3) is 0 Å². The zero-order chi connectivity index (χ0) is 28.0. The number of carbonyl (C=O) groups excluding carboxylic acids is 2. The maximum absolute atomic E-state index is 12.3. The molecule has 0 bridgehead atoms. The van der Waals surface area contributed by atoms with Gasteiger partial charge < -0.3 is 25.8 Å². The largest absolute Gasteiger partial charge is 0.473 e. The van der Waals surface area contributed by atoms with E-state index in [1.165, 1.54) is 6.07 Å². The van der Waals surface area contributed by atoms with Crippen molar-refractivity contribution in [1.29, 1.82) is 0 Å². The third kappa shape index (κ3) is 11.7. The summed E-state index contributed by atoms with van der Waals surface area (Å²) in [5, 5.41) is 14.3. The molecule has 210 valence electrons. The fourth-order valence-electron chi connectivity index (χ4n) is 3.44. The summed E-state index contributed by atoms with van der Waals surface area (Å²) in [5.74, 6) is 0.208. The van der Waals surface area contributed by atoms with Gasteiger partial charge in [0.2, 0.25) is 23.6 Å². The minimum Gasteiger partial charge on any atom is -0.473 e. The number of nitrogen functional groups attached to an aromatic ring is 1. The topological polar surface area (TPSA) is 159 Å². The van der Waals surface area contributed by atoms with Crippen LogP contribution in [0.15, 0.2) is 36.5 Å². The highest BCUT2D eigenvalue weighted by molar-refractivity contribution is 6.29. The smallest absolute Gasteiger partial charge is 0.246 e. The number of amides is 2. The van der Waals surface area contributed by atoms with Crippen LogP contribution < -0.4 is 21.1 Å². The van der Waals surface area contributed by atoms with Crippen LogP contribution in [0.2, 0.25) is 5.15 Å². The molecule has 0 saturated heterocycles. The van der Waals surface area contributed by atoms with E-state index in [4.69, 9.17) is 26.8 Å². The van der Waals surface area contributed by atoms with E-state index in [-0.39, 0.29) is 35.6 Å². The number of benzene rings is 1. The van der Waals surface area contributed by atoms with Crippen LogP contribution in [0, 0.1) is 0 Å². The Hall–Kier alpha value is -3.77. The van der Waals surface area contributed by atoms with Crippen LogP contribution in [-0.2, 0) is 40.4 Å². The Labute approximate surface area is 232 Å². The lowest BCUT2D eigenvalue weighted by Crippen LogP contribution is -2.29. The third-order valence-electron chi connectivity index (χ3n) is 5.44. The van der Waals surface area contributed by atoms with Crippen LogP contribution in [0.4, 0.5) is 5.95 Å². The van der Waals surface area contributed by atoms with Crippen molar-refractivity contribution >= 4 is 29.4 Å². The minimum absolute atomic E-state index is 0.0282. The van der Waals surface area contributed by atoms with Crippen molar-refractivity contribution in [3.63, 3.8) is 0 Å². The van der Waals surface area contributed by atoms with E-state index in [0.29, 0.717) is 51.4 Å². The molecular weight excluding hydrogens is 524 g/mol. The van der Waals surface area contributed by atoms with E-state index in [1.54, 1.807) is 4.68 Å². The van der Waals surface area contributed by atoms with Gasteiger partial charge in [0.15, 0.2) is 0 Å². The Balaban J connectivity index is 1.27. The molecule has 2 heterocycles. The number of aryl methyl sites for hydroxylation is 2. The van der Waals surface area contributed by atoms with Crippen molar-refractivity contribution in [2.24, 2.45) is 0 Å². The van der Waals surface area contributed by atoms with Crippen LogP contribution in [0.5, 0.6) is 5.88 Å². The van der Waals surface area contributed by atoms with Crippen molar-refractivity contribution in [2.75, 3.05) is 18.9 Å². The predicted octanol–water partition coefficient (Wildman–Crippen LogP) is 2.45. The standard InChI is InChI=1S/C26H35ClN8O4/c1-18(2)38-17-24(37)29-11-3-5-21-15-35(34-33-21)12-4-6-23(36)30-14-19-7-9-20(10-8-19)16-39-25-13-22(27)31-26(28)32-25/h7-10,13,15,18H,3-6,11-12,14,16-17H2,1-2H3,(H,29,37)(H,30,36)(H2,28,31,32). The first-order chi connectivity index (χ1) is 18.8. The molecule has 0 atom stereocenters. The molecule has 12 nitrogen and oxygen atoms in total. The second-order valence-corrected chi connectivity index (χ2v) is 9.55. The van der Waals surface area contributed by atoms with Gasteiger partial charge in [0.05, 0.1) is 11.8 Å². The number of carbonyl (C=O) groups is 2. The summed E-state index contributed by atoms with van der Waals surface area (Å²) in [5.41, 5.74) is 8.33. The van der Waals surface area contributed by atoms with Crippen LogP contribution in [0.1, 0.15) is 49.9 Å². The highest BCUT2D eigenvalue weighted by atomic mass is 35.5. The molecule has 0 aliphatic heterocycles. The van der Waals surface area contributed by atoms with Crippen LogP contribution in [0.3, 0.4) is 0 Å². The average Bonchev–Trinajstić information content (AvgIpc) is 3.35. The molecule has 3 rings (SSSR count). The number of nitrogens with zero attached hydrogens (tertiary/aromatic N) is 5. The lowest BCUT2D eigenvalue weighted by atomic mass is 10.1. The Morgan fingerprint density at radius 1 is 1.08 bits per heavy atom. The van der Waals surface area contributed by atoms with Gasteiger partial charge in [0.25, 0.3) is 0 Å². The van der Waals surface area contributed by atoms with Gasteiger partial charge in [0.1, 0.15) is 18.4 Å². The Kier molecular flexibility index (Phi) is 11.9. The average molecular weight is 559 g/mol. The molecule has 0 fully saturated rings. The van der Waals surface area contributed by atoms with E-state index >= 15 is 0 Å². The summed E-state index contributed by atoms with van der Waals surface area (Å²) in [6.07, 6.45) is 4.40. The number of hydrogen-bond acceptors (Lipinski definition) is 9. The first-order valence-electron chi connectivity index (χ1n) is 12.8. The highest BCUT2D eigenvalue weighted by Gasteiger charge is 2.07. The minimum atomic E-state index is -0.121. The van der Waals surface area contributed by atoms with Crippen molar-refractivity contribution in [2.45, 2.75) is 65.3 Å². The van der Waals surface area contributed by atoms with Gasteiger partial charge in [-0.1, -0.05) is 41.1 Å². The number of nitrogens with two attached hydrogens (primary N) is 1. The molecule has 13 heteroatoms. The first kappa shape index (κ1) is 29.8. The van der Waals surface area contributed by atoms with Crippen molar-refractivity contribution in [3.05, 3.63) is 58.5 Å². The highest BCUT2D eigenvalue weighted by Crippen LogP contribution is 2.16. The van der Waals surface area contributed by atoms with Crippen LogP contribution >= 0.6 is 11.6 Å². The van der Waals surface area contributed by atoms with E-state index in [0.717, 1.165) is 23.2 Å². The quantitative estimate of drug-likeness (QED) is 0.177. The number of nitrogens with one attached hydrogen (secondary N) is 2. The molecule has 4 N–H and O–H groups in total. The number of anilines is 1. The second kappa shape index (κ2) is 15.6. The number of ether oxygens (including phenoxy) is 2. The van der Waals surface area contributed by atoms with Crippen molar-refractivity contribution in [3.8, 4) is 5.88 Å². The molecule has 3 aromatic rings. The molecule has 0 spiro atoms. The summed E-state index contributed by atoms with van der Waals surface area (Å²) in [7, 11) is 0. The Morgan fingerprint density at radius 2 is 1.85 bits per heavy atom. The molecule has 0 radical (unpaired) electrons. The van der Waals surface area contributed by atoms with E-state index in [2.05, 4.69) is 30.9 Å². The maximum atomic E-state index is 12.3. The summed E-state index contributed by atoms with van der Waals surface area (Å²) < 4.78 is 12.6. The monoisotopic (exact) mass is 558 g/mol. The molecule has 0 aliphatic carbocycles. The number of hydrogen-bond donors (Lipinski definition) is 3. The van der Waals surface area contributed by atoms with Gasteiger partial charge in [-0.25, -0.2) is 4.98 Å². The van der Waals surface area contributed by atoms with Gasteiger partial charge in [-0.3, -0.25) is 14.3 Å². The van der Waals surface area contributed by atoms with Crippen LogP contribution in [-0.4, -0.2) is 56.0 Å². The first-order valence-corrected chi connectivity index (χ1v) is 13.2. The van der Waals surface area contributed by atoms with Gasteiger partial charge in [0, 0.05) is 38.3 Å². The molecule has 0 saturated carbocycles. The third-order valence-corrected chi connectivity index (χ3v) is 5.64. The molecule has 39 heavy (non-hydrogen) atoms. The summed E-state index contributed by atoms with van der Waals surface area (Å²) in [6, 6.07) is 9.21. The van der Waals surface area contributed by atoms with Crippen molar-refractivity contribution in [1.82, 2.24) is 35.6 Å². The van der Waals surface area contributed by atoms with Crippen molar-refractivity contribution < 1.29 is 19.1 Å². The molecule has 0 unspecified atom stereocenters. The van der Waals surface area contributed by atoms with Gasteiger partial charge >= 0.3 is 0 Å². The maximum Gasteiger partial charge on any atom is 0.246 e. The Morgan fingerprint density at radius 3 is 2.59 bits per heavy atom. The summed E-state index contributed by atoms with van der Waals surface area (Å²) >= 11 is 5.85. The fraction of sp³-hybridized carbons (Fsp3) is 0.462. The van der Waals surface area contributed by atoms with E-state index < -0.39 is 0 Å². The zero-order valence-corrected chi connectivity index (χ0v) is 23.0. The second-order valence-electron chi connectivity index (χ2n) is 9.16. The summed E-state index contributed by atoms with van der Waals surface area (Å²) in [4.78, 5) is 31.7. The molecule has 2 aromatic heterocycles. The van der Waals surface area contributed by atoms with Gasteiger partial charge in [-0.2, -0.15) is 4.98 Å². The molecular formula is C26H35ClN8O4. The molecule has 2 amide bonds. The number of halogens is 1. The lowest BCUT2D eigenvalue weighted by molar-refractivity contribution is -0.127. The predicted molar refractivity (Wildman–Crippen MR) is 146 cm³/mol. The Bertz CT molecular complexity index is 1180. The number of aromatic nitrogens is 5. The van der Waals surface area contributed by atoms with Gasteiger partial charge in [-0.15, -0.1) is 5.10 Å². The summed E-state index contributed by atoms with van der Waals surface area (Å²) in [6.45, 7) is 5.74. The normalized spacial score (nSPS) is 11.0. The SMILES string of the molecule is CC(C)OCC(=O)NCCCc1cn(CCCC(=O)NCc2ccc(COc3cc(Cl)nc(N)n3)cc2)nn1. The zero-order valence-electron chi connectivity index (χ0n) is 22.2. The fourth-order valence-corrected chi connectivity index (χ4v) is 3.62. The molecule has 1 aromatic carbocycles. The molecule has 0 aliphatic rings. The lowest BCUT2D eigenvalue weighted by Gasteiger charge is -2.08.